The molecule has 0 radical (unpaired) electrons. The molecule has 1 unspecified atom stereocenters. The van der Waals surface area contributed by atoms with Crippen LogP contribution in [0.2, 0.25) is 0 Å². The number of thiophene rings is 1. The molecule has 1 N–H and O–H groups in total. The molecule has 2 nitrogen and oxygen atoms in total. The molecular weight excluding hydrogens is 286 g/mol. The molecule has 0 saturated heterocycles. The fourth-order valence-electron chi connectivity index (χ4n) is 1.41. The predicted octanol–water partition coefficient (Wildman–Crippen LogP) is 3.66. The number of ether oxygens (including phenoxy) is 1. The molecule has 0 saturated carbocycles. The van der Waals surface area contributed by atoms with Gasteiger partial charge in [0.25, 0.3) is 0 Å². The second kappa shape index (κ2) is 7.43. The van der Waals surface area contributed by atoms with Crippen LogP contribution in [0.4, 0.5) is 0 Å². The van der Waals surface area contributed by atoms with Crippen LogP contribution in [0.15, 0.2) is 15.9 Å². The summed E-state index contributed by atoms with van der Waals surface area (Å²) in [6.07, 6.45) is 0. The van der Waals surface area contributed by atoms with E-state index in [1.165, 1.54) is 8.66 Å². The molecular formula is C12H20BrNOS. The van der Waals surface area contributed by atoms with E-state index in [1.54, 1.807) is 11.3 Å². The van der Waals surface area contributed by atoms with Gasteiger partial charge in [0.1, 0.15) is 0 Å². The molecule has 1 aromatic heterocycles. The van der Waals surface area contributed by atoms with Gasteiger partial charge in [0.15, 0.2) is 0 Å². The molecule has 0 aliphatic heterocycles. The molecule has 0 bridgehead atoms. The normalized spacial score (nSPS) is 13.3. The van der Waals surface area contributed by atoms with Crippen LogP contribution < -0.4 is 5.32 Å². The molecule has 0 fully saturated rings. The maximum Gasteiger partial charge on any atom is 0.0701 e. The van der Waals surface area contributed by atoms with Crippen molar-refractivity contribution in [1.29, 1.82) is 0 Å². The first-order chi connectivity index (χ1) is 7.63. The summed E-state index contributed by atoms with van der Waals surface area (Å²) in [5, 5.41) is 3.55. The fourth-order valence-corrected chi connectivity index (χ4v) is 2.84. The monoisotopic (exact) mass is 305 g/mol. The minimum Gasteiger partial charge on any atom is -0.380 e. The lowest BCUT2D eigenvalue weighted by molar-refractivity contribution is 0.108. The van der Waals surface area contributed by atoms with Gasteiger partial charge >= 0.3 is 0 Å². The Morgan fingerprint density at radius 1 is 1.44 bits per heavy atom. The van der Waals surface area contributed by atoms with E-state index in [1.807, 2.05) is 6.92 Å². The zero-order valence-corrected chi connectivity index (χ0v) is 12.5. The number of hydrogen-bond acceptors (Lipinski definition) is 3. The molecule has 1 heterocycles. The van der Waals surface area contributed by atoms with Gasteiger partial charge in [-0.15, -0.1) is 11.3 Å². The standard InChI is InChI=1S/C12H20BrNOS/c1-4-15-8-11(9(2)3)14-7-10-5-6-12(13)16-10/h5-6,9,11,14H,4,7-8H2,1-3H3. The minimum atomic E-state index is 0.431. The minimum absolute atomic E-state index is 0.431. The van der Waals surface area contributed by atoms with E-state index in [9.17, 15) is 0 Å². The highest BCUT2D eigenvalue weighted by molar-refractivity contribution is 9.11. The molecule has 1 rings (SSSR count). The Labute approximate surface area is 111 Å². The highest BCUT2D eigenvalue weighted by Crippen LogP contribution is 2.22. The molecule has 0 aliphatic carbocycles. The molecule has 1 aromatic rings. The molecule has 0 spiro atoms. The van der Waals surface area contributed by atoms with E-state index in [0.29, 0.717) is 12.0 Å². The Morgan fingerprint density at radius 2 is 2.19 bits per heavy atom. The van der Waals surface area contributed by atoms with Crippen molar-refractivity contribution in [2.45, 2.75) is 33.4 Å². The SMILES string of the molecule is CCOCC(NCc1ccc(Br)s1)C(C)C. The van der Waals surface area contributed by atoms with Gasteiger partial charge < -0.3 is 10.1 Å². The van der Waals surface area contributed by atoms with Crippen LogP contribution in [0.1, 0.15) is 25.6 Å². The van der Waals surface area contributed by atoms with Crippen molar-refractivity contribution in [3.8, 4) is 0 Å². The Hall–Kier alpha value is 0.1000. The number of halogens is 1. The number of nitrogens with one attached hydrogen (secondary N) is 1. The first kappa shape index (κ1) is 14.2. The van der Waals surface area contributed by atoms with Crippen LogP contribution in [-0.2, 0) is 11.3 Å². The van der Waals surface area contributed by atoms with Crippen LogP contribution >= 0.6 is 27.3 Å². The van der Waals surface area contributed by atoms with E-state index >= 15 is 0 Å². The van der Waals surface area contributed by atoms with Gasteiger partial charge in [0, 0.05) is 24.1 Å². The van der Waals surface area contributed by atoms with Gasteiger partial charge in [-0.1, -0.05) is 13.8 Å². The highest BCUT2D eigenvalue weighted by Gasteiger charge is 2.12. The smallest absolute Gasteiger partial charge is 0.0701 e. The fraction of sp³-hybridized carbons (Fsp3) is 0.667. The van der Waals surface area contributed by atoms with E-state index < -0.39 is 0 Å². The maximum atomic E-state index is 5.48. The van der Waals surface area contributed by atoms with Crippen molar-refractivity contribution in [3.63, 3.8) is 0 Å². The Morgan fingerprint density at radius 3 is 2.69 bits per heavy atom. The Bertz CT molecular complexity index is 301. The van der Waals surface area contributed by atoms with E-state index in [4.69, 9.17) is 4.74 Å². The molecule has 0 aliphatic rings. The molecule has 16 heavy (non-hydrogen) atoms. The van der Waals surface area contributed by atoms with Crippen LogP contribution in [0.5, 0.6) is 0 Å². The second-order valence-corrected chi connectivity index (χ2v) is 6.64. The first-order valence-corrected chi connectivity index (χ1v) is 7.29. The van der Waals surface area contributed by atoms with Gasteiger partial charge in [0.05, 0.1) is 10.4 Å². The van der Waals surface area contributed by atoms with E-state index in [2.05, 4.69) is 47.2 Å². The lowest BCUT2D eigenvalue weighted by atomic mass is 10.1. The Balaban J connectivity index is 2.37. The largest absolute Gasteiger partial charge is 0.380 e. The zero-order chi connectivity index (χ0) is 12.0. The van der Waals surface area contributed by atoms with Crippen LogP contribution in [0, 0.1) is 5.92 Å². The van der Waals surface area contributed by atoms with Gasteiger partial charge in [-0.2, -0.15) is 0 Å². The molecule has 92 valence electrons. The number of rotatable bonds is 7. The van der Waals surface area contributed by atoms with Crippen molar-refractivity contribution in [1.82, 2.24) is 5.32 Å². The summed E-state index contributed by atoms with van der Waals surface area (Å²) in [5.74, 6) is 0.593. The van der Waals surface area contributed by atoms with Gasteiger partial charge in [-0.25, -0.2) is 0 Å². The molecule has 0 aromatic carbocycles. The van der Waals surface area contributed by atoms with E-state index in [-0.39, 0.29) is 0 Å². The number of hydrogen-bond donors (Lipinski definition) is 1. The van der Waals surface area contributed by atoms with Crippen molar-refractivity contribution >= 4 is 27.3 Å². The third-order valence-electron chi connectivity index (χ3n) is 2.47. The second-order valence-electron chi connectivity index (χ2n) is 4.10. The topological polar surface area (TPSA) is 21.3 Å². The van der Waals surface area contributed by atoms with Crippen molar-refractivity contribution in [3.05, 3.63) is 20.8 Å². The van der Waals surface area contributed by atoms with Crippen molar-refractivity contribution in [2.75, 3.05) is 13.2 Å². The van der Waals surface area contributed by atoms with Crippen molar-refractivity contribution < 1.29 is 4.74 Å². The average molecular weight is 306 g/mol. The third-order valence-corrected chi connectivity index (χ3v) is 4.10. The van der Waals surface area contributed by atoms with Gasteiger partial charge in [0.2, 0.25) is 0 Å². The van der Waals surface area contributed by atoms with Crippen molar-refractivity contribution in [2.24, 2.45) is 5.92 Å². The van der Waals surface area contributed by atoms with E-state index in [0.717, 1.165) is 19.8 Å². The summed E-state index contributed by atoms with van der Waals surface area (Å²) < 4.78 is 6.67. The third kappa shape index (κ3) is 4.95. The molecule has 4 heteroatoms. The summed E-state index contributed by atoms with van der Waals surface area (Å²) in [6.45, 7) is 8.98. The quantitative estimate of drug-likeness (QED) is 0.830. The van der Waals surface area contributed by atoms with Gasteiger partial charge in [-0.3, -0.25) is 0 Å². The van der Waals surface area contributed by atoms with Gasteiger partial charge in [-0.05, 0) is 40.9 Å². The van der Waals surface area contributed by atoms with Crippen LogP contribution in [-0.4, -0.2) is 19.3 Å². The maximum absolute atomic E-state index is 5.48. The molecule has 1 atom stereocenters. The van der Waals surface area contributed by atoms with Crippen LogP contribution in [0.25, 0.3) is 0 Å². The first-order valence-electron chi connectivity index (χ1n) is 5.68. The lowest BCUT2D eigenvalue weighted by Crippen LogP contribution is -2.37. The Kier molecular flexibility index (Phi) is 6.58. The highest BCUT2D eigenvalue weighted by atomic mass is 79.9. The predicted molar refractivity (Wildman–Crippen MR) is 74.0 cm³/mol. The average Bonchev–Trinajstić information content (AvgIpc) is 2.64. The lowest BCUT2D eigenvalue weighted by Gasteiger charge is -2.21. The summed E-state index contributed by atoms with van der Waals surface area (Å²) in [7, 11) is 0. The summed E-state index contributed by atoms with van der Waals surface area (Å²) in [6, 6.07) is 4.68. The molecule has 0 amide bonds. The van der Waals surface area contributed by atoms with Crippen LogP contribution in [0.3, 0.4) is 0 Å². The summed E-state index contributed by atoms with van der Waals surface area (Å²) in [5.41, 5.74) is 0. The summed E-state index contributed by atoms with van der Waals surface area (Å²) in [4.78, 5) is 1.36. The zero-order valence-electron chi connectivity index (χ0n) is 10.1. The summed E-state index contributed by atoms with van der Waals surface area (Å²) >= 11 is 5.25.